The van der Waals surface area contributed by atoms with E-state index in [1.807, 2.05) is 0 Å². The van der Waals surface area contributed by atoms with Gasteiger partial charge in [0.05, 0.1) is 46.4 Å². The van der Waals surface area contributed by atoms with Crippen molar-refractivity contribution in [2.75, 3.05) is 12.0 Å². The van der Waals surface area contributed by atoms with Crippen molar-refractivity contribution >= 4 is 17.5 Å². The molecule has 3 heterocycles. The molecule has 0 radical (unpaired) electrons. The Morgan fingerprint density at radius 3 is 2.46 bits per heavy atom. The quantitative estimate of drug-likeness (QED) is 0.721. The highest BCUT2D eigenvalue weighted by Crippen LogP contribution is 2.61. The van der Waals surface area contributed by atoms with Gasteiger partial charge < -0.3 is 9.47 Å². The van der Waals surface area contributed by atoms with E-state index in [2.05, 4.69) is 0 Å². The van der Waals surface area contributed by atoms with Crippen LogP contribution in [0.25, 0.3) is 0 Å². The molecule has 3 saturated heterocycles. The molecule has 1 aromatic carbocycles. The summed E-state index contributed by atoms with van der Waals surface area (Å²) in [5, 5.41) is 8.95. The van der Waals surface area contributed by atoms with E-state index in [0.717, 1.165) is 11.0 Å². The third-order valence-corrected chi connectivity index (χ3v) is 6.24. The van der Waals surface area contributed by atoms with Gasteiger partial charge in [0.15, 0.2) is 0 Å². The van der Waals surface area contributed by atoms with Crippen LogP contribution in [0.1, 0.15) is 31.4 Å². The van der Waals surface area contributed by atoms with Gasteiger partial charge in [0.1, 0.15) is 5.60 Å². The van der Waals surface area contributed by atoms with Crippen LogP contribution in [0.3, 0.4) is 0 Å². The molecule has 3 aliphatic rings. The van der Waals surface area contributed by atoms with Crippen molar-refractivity contribution in [3.05, 3.63) is 29.3 Å². The summed E-state index contributed by atoms with van der Waals surface area (Å²) in [7, 11) is 1.49. The van der Waals surface area contributed by atoms with Gasteiger partial charge in [-0.3, -0.25) is 9.59 Å². The first-order valence-corrected chi connectivity index (χ1v) is 8.70. The molecule has 2 unspecified atom stereocenters. The van der Waals surface area contributed by atoms with Gasteiger partial charge in [-0.15, -0.1) is 0 Å². The number of benzene rings is 1. The number of amides is 2. The van der Waals surface area contributed by atoms with Gasteiger partial charge in [-0.1, -0.05) is 0 Å². The predicted octanol–water partition coefficient (Wildman–Crippen LogP) is 2.65. The Labute approximate surface area is 158 Å². The van der Waals surface area contributed by atoms with Gasteiger partial charge >= 0.3 is 6.18 Å². The zero-order chi connectivity index (χ0) is 20.6. The molecule has 2 bridgehead atoms. The average Bonchev–Trinajstić information content (AvgIpc) is 3.14. The fourth-order valence-electron chi connectivity index (χ4n) is 5.07. The van der Waals surface area contributed by atoms with Crippen LogP contribution in [0.2, 0.25) is 0 Å². The molecule has 2 amide bonds. The number of carbonyl (C=O) groups is 2. The number of halogens is 3. The Bertz CT molecular complexity index is 940. The smallest absolute Gasteiger partial charge is 0.378 e. The summed E-state index contributed by atoms with van der Waals surface area (Å²) in [4.78, 5) is 27.0. The van der Waals surface area contributed by atoms with Crippen LogP contribution < -0.4 is 4.90 Å². The van der Waals surface area contributed by atoms with Crippen molar-refractivity contribution in [3.8, 4) is 6.07 Å². The number of nitrogens with zero attached hydrogens (tertiary/aromatic N) is 2. The topological polar surface area (TPSA) is 79.6 Å². The third kappa shape index (κ3) is 2.22. The molecule has 148 valence electrons. The highest BCUT2D eigenvalue weighted by atomic mass is 19.4. The molecule has 6 nitrogen and oxygen atoms in total. The Morgan fingerprint density at radius 1 is 1.25 bits per heavy atom. The van der Waals surface area contributed by atoms with Crippen LogP contribution in [0.4, 0.5) is 18.9 Å². The van der Waals surface area contributed by atoms with Crippen molar-refractivity contribution < 1.29 is 32.2 Å². The first kappa shape index (κ1) is 18.9. The second-order valence-electron chi connectivity index (χ2n) is 7.83. The van der Waals surface area contributed by atoms with Gasteiger partial charge in [0.25, 0.3) is 0 Å². The fourth-order valence-corrected chi connectivity index (χ4v) is 5.07. The van der Waals surface area contributed by atoms with Crippen molar-refractivity contribution in [1.29, 1.82) is 5.26 Å². The Balaban J connectivity index is 1.80. The zero-order valence-electron chi connectivity index (χ0n) is 15.3. The number of rotatable bonds is 2. The summed E-state index contributed by atoms with van der Waals surface area (Å²) >= 11 is 0. The van der Waals surface area contributed by atoms with Gasteiger partial charge in [-0.2, -0.15) is 18.4 Å². The third-order valence-electron chi connectivity index (χ3n) is 6.24. The number of carbonyl (C=O) groups excluding carboxylic acids is 2. The highest BCUT2D eigenvalue weighted by molar-refractivity contribution is 6.23. The molecule has 3 aliphatic heterocycles. The van der Waals surface area contributed by atoms with E-state index in [1.165, 1.54) is 19.2 Å². The van der Waals surface area contributed by atoms with Crippen LogP contribution in [0, 0.1) is 23.2 Å². The number of alkyl halides is 3. The van der Waals surface area contributed by atoms with Crippen LogP contribution >= 0.6 is 0 Å². The first-order chi connectivity index (χ1) is 13.0. The van der Waals surface area contributed by atoms with Crippen LogP contribution in [-0.4, -0.2) is 36.2 Å². The van der Waals surface area contributed by atoms with E-state index < -0.39 is 58.3 Å². The minimum absolute atomic E-state index is 0.198. The highest BCUT2D eigenvalue weighted by Gasteiger charge is 2.76. The van der Waals surface area contributed by atoms with E-state index in [9.17, 15) is 22.8 Å². The molecule has 28 heavy (non-hydrogen) atoms. The predicted molar refractivity (Wildman–Crippen MR) is 88.9 cm³/mol. The van der Waals surface area contributed by atoms with Gasteiger partial charge in [-0.25, -0.2) is 4.90 Å². The minimum atomic E-state index is -4.79. The van der Waals surface area contributed by atoms with Crippen LogP contribution in [-0.2, 0) is 25.2 Å². The standard InChI is InChI=1S/C19H17F3N2O4/c1-17-7-12(27-3)18(2,28-17)14-13(17)15(25)24(16(14)26)10-5-4-9(8-23)11(6-10)19(20,21)22/h4-6,12-14H,7H2,1-3H3/t12-,13-,14+,17?,18?/m0/s1. The van der Waals surface area contributed by atoms with Crippen molar-refractivity contribution in [3.63, 3.8) is 0 Å². The summed E-state index contributed by atoms with van der Waals surface area (Å²) in [5.74, 6) is -2.83. The second kappa shape index (κ2) is 5.55. The van der Waals surface area contributed by atoms with E-state index in [4.69, 9.17) is 14.7 Å². The molecular weight excluding hydrogens is 377 g/mol. The molecule has 0 spiro atoms. The molecule has 9 heteroatoms. The molecule has 1 aromatic rings. The number of anilines is 1. The molecule has 0 saturated carbocycles. The zero-order valence-corrected chi connectivity index (χ0v) is 15.3. The SMILES string of the molecule is CO[C@H]1CC2(C)OC1(C)[C@H]1C(=O)N(c3ccc(C#N)c(C(F)(F)F)c3)C(=O)[C@H]12. The number of imide groups is 1. The number of nitriles is 1. The number of ether oxygens (including phenoxy) is 2. The number of hydrogen-bond donors (Lipinski definition) is 0. The summed E-state index contributed by atoms with van der Waals surface area (Å²) in [6, 6.07) is 4.32. The number of methoxy groups -OCH3 is 1. The normalized spacial score (nSPS) is 36.8. The maximum atomic E-state index is 13.3. The van der Waals surface area contributed by atoms with E-state index in [1.54, 1.807) is 13.8 Å². The van der Waals surface area contributed by atoms with Crippen LogP contribution in [0.15, 0.2) is 18.2 Å². The fraction of sp³-hybridized carbons (Fsp3) is 0.526. The lowest BCUT2D eigenvalue weighted by Crippen LogP contribution is -2.49. The van der Waals surface area contributed by atoms with Crippen molar-refractivity contribution in [2.24, 2.45) is 11.8 Å². The number of hydrogen-bond acceptors (Lipinski definition) is 5. The second-order valence-corrected chi connectivity index (χ2v) is 7.83. The van der Waals surface area contributed by atoms with Gasteiger partial charge in [0.2, 0.25) is 11.8 Å². The summed E-state index contributed by atoms with van der Waals surface area (Å²) in [6.07, 6.45) is -4.78. The van der Waals surface area contributed by atoms with Crippen LogP contribution in [0.5, 0.6) is 0 Å². The van der Waals surface area contributed by atoms with Gasteiger partial charge in [-0.05, 0) is 32.0 Å². The lowest BCUT2D eigenvalue weighted by atomic mass is 9.67. The van der Waals surface area contributed by atoms with Crippen molar-refractivity contribution in [1.82, 2.24) is 0 Å². The summed E-state index contributed by atoms with van der Waals surface area (Å²) < 4.78 is 51.4. The minimum Gasteiger partial charge on any atom is -0.378 e. The molecule has 0 aromatic heterocycles. The largest absolute Gasteiger partial charge is 0.417 e. The maximum Gasteiger partial charge on any atom is 0.417 e. The molecule has 0 N–H and O–H groups in total. The first-order valence-electron chi connectivity index (χ1n) is 8.70. The average molecular weight is 394 g/mol. The summed E-state index contributed by atoms with van der Waals surface area (Å²) in [6.45, 7) is 3.43. The summed E-state index contributed by atoms with van der Waals surface area (Å²) in [5.41, 5.74) is -3.92. The van der Waals surface area contributed by atoms with E-state index in [0.29, 0.717) is 12.5 Å². The Kier molecular flexibility index (Phi) is 3.75. The van der Waals surface area contributed by atoms with Gasteiger partial charge in [0, 0.05) is 13.5 Å². The lowest BCUT2D eigenvalue weighted by Gasteiger charge is -2.34. The van der Waals surface area contributed by atoms with E-state index >= 15 is 0 Å². The Hall–Kier alpha value is -2.44. The Morgan fingerprint density at radius 2 is 1.89 bits per heavy atom. The molecule has 4 rings (SSSR count). The van der Waals surface area contributed by atoms with E-state index in [-0.39, 0.29) is 5.69 Å². The maximum absolute atomic E-state index is 13.3. The lowest BCUT2D eigenvalue weighted by molar-refractivity contribution is -0.138. The number of fused-ring (bicyclic) bond motifs is 5. The molecule has 3 fully saturated rings. The molecule has 5 atom stereocenters. The molecular formula is C19H17F3N2O4. The van der Waals surface area contributed by atoms with Crippen molar-refractivity contribution in [2.45, 2.75) is 43.8 Å². The molecule has 0 aliphatic carbocycles. The monoisotopic (exact) mass is 394 g/mol.